The third-order valence-corrected chi connectivity index (χ3v) is 5.87. The lowest BCUT2D eigenvalue weighted by Crippen LogP contribution is -2.43. The molecule has 2 N–H and O–H groups in total. The lowest BCUT2D eigenvalue weighted by molar-refractivity contribution is -0.248. The third kappa shape index (κ3) is 3.35. The Hall–Kier alpha value is -3.70. The van der Waals surface area contributed by atoms with Crippen LogP contribution >= 0.6 is 0 Å². The number of aliphatic hydroxyl groups is 2. The molecule has 11 heteroatoms. The first-order valence-electron chi connectivity index (χ1n) is 10.2. The quantitative estimate of drug-likeness (QED) is 0.349. The molecule has 0 bridgehead atoms. The second-order valence-electron chi connectivity index (χ2n) is 7.99. The van der Waals surface area contributed by atoms with Gasteiger partial charge in [-0.2, -0.15) is 18.3 Å². The van der Waals surface area contributed by atoms with Gasteiger partial charge >= 0.3 is 12.1 Å². The number of benzene rings is 2. The molecular weight excluding hydrogens is 458 g/mol. The summed E-state index contributed by atoms with van der Waals surface area (Å²) in [6.07, 6.45) is -3.65. The van der Waals surface area contributed by atoms with E-state index < -0.39 is 47.4 Å². The number of aromatic nitrogens is 3. The van der Waals surface area contributed by atoms with E-state index in [1.807, 2.05) is 0 Å². The van der Waals surface area contributed by atoms with E-state index in [9.17, 15) is 32.6 Å². The average molecular weight is 475 g/mol. The van der Waals surface area contributed by atoms with Gasteiger partial charge in [0, 0.05) is 17.1 Å². The number of hydrogen-bond acceptors (Lipinski definition) is 5. The molecule has 1 aliphatic heterocycles. The number of hydrogen-bond donors (Lipinski definition) is 2. The number of cyclic esters (lactones) is 1. The fourth-order valence-corrected chi connectivity index (χ4v) is 4.13. The molecule has 0 spiro atoms. The largest absolute Gasteiger partial charge is 0.453 e. The zero-order valence-corrected chi connectivity index (χ0v) is 17.3. The number of ether oxygens (including phenoxy) is 1. The number of carbonyl (C=O) groups is 1. The number of esters is 1. The fourth-order valence-electron chi connectivity index (χ4n) is 4.13. The van der Waals surface area contributed by atoms with Crippen LogP contribution in [-0.2, 0) is 16.9 Å². The van der Waals surface area contributed by atoms with Crippen LogP contribution in [0.15, 0.2) is 60.9 Å². The summed E-state index contributed by atoms with van der Waals surface area (Å²) >= 11 is 0. The first-order valence-corrected chi connectivity index (χ1v) is 10.2. The standard InChI is InChI=1S/C23H17F4N3O4/c24-16-2-4-17(5-3-16)30-19-6-1-14(7-13(19)9-28-30)22(33,23(25,26)27)15-8-20-21(32)34-18(12-31)11-29(20)10-15/h1-10,18,31,33H,11-12H2. The van der Waals surface area contributed by atoms with Crippen molar-refractivity contribution in [1.82, 2.24) is 14.3 Å². The van der Waals surface area contributed by atoms with Crippen molar-refractivity contribution in [2.45, 2.75) is 24.4 Å². The van der Waals surface area contributed by atoms with E-state index in [4.69, 9.17) is 4.74 Å². The molecular formula is C23H17F4N3O4. The summed E-state index contributed by atoms with van der Waals surface area (Å²) in [6, 6.07) is 10.0. The Bertz CT molecular complexity index is 1390. The molecule has 2 aromatic heterocycles. The molecule has 7 nitrogen and oxygen atoms in total. The van der Waals surface area contributed by atoms with Crippen molar-refractivity contribution in [2.75, 3.05) is 6.61 Å². The number of fused-ring (bicyclic) bond motifs is 2. The van der Waals surface area contributed by atoms with E-state index in [0.717, 1.165) is 18.3 Å². The summed E-state index contributed by atoms with van der Waals surface area (Å²) in [7, 11) is 0. The van der Waals surface area contributed by atoms with E-state index in [1.54, 1.807) is 0 Å². The van der Waals surface area contributed by atoms with Crippen molar-refractivity contribution in [2.24, 2.45) is 0 Å². The normalized spacial score (nSPS) is 17.9. The first kappa shape index (κ1) is 22.1. The molecule has 0 fully saturated rings. The van der Waals surface area contributed by atoms with Crippen LogP contribution in [0.4, 0.5) is 17.6 Å². The molecule has 0 amide bonds. The van der Waals surface area contributed by atoms with Crippen molar-refractivity contribution in [3.05, 3.63) is 83.6 Å². The summed E-state index contributed by atoms with van der Waals surface area (Å²) in [5.74, 6) is -1.33. The monoisotopic (exact) mass is 475 g/mol. The van der Waals surface area contributed by atoms with E-state index >= 15 is 0 Å². The fraction of sp³-hybridized carbons (Fsp3) is 0.217. The van der Waals surface area contributed by atoms with E-state index in [2.05, 4.69) is 5.10 Å². The highest BCUT2D eigenvalue weighted by Gasteiger charge is 2.57. The molecule has 0 saturated carbocycles. The average Bonchev–Trinajstić information content (AvgIpc) is 3.42. The molecule has 0 saturated heterocycles. The zero-order valence-electron chi connectivity index (χ0n) is 17.3. The molecule has 3 heterocycles. The predicted octanol–water partition coefficient (Wildman–Crippen LogP) is 3.30. The number of aliphatic hydroxyl groups excluding tert-OH is 1. The topological polar surface area (TPSA) is 89.5 Å². The van der Waals surface area contributed by atoms with Gasteiger partial charge in [0.15, 0.2) is 0 Å². The number of halogens is 4. The maximum absolute atomic E-state index is 14.3. The van der Waals surface area contributed by atoms with Crippen LogP contribution in [0.1, 0.15) is 21.6 Å². The number of carbonyl (C=O) groups excluding carboxylic acids is 1. The number of nitrogens with zero attached hydrogens (tertiary/aromatic N) is 3. The number of alkyl halides is 3. The lowest BCUT2D eigenvalue weighted by Gasteiger charge is -2.30. The smallest absolute Gasteiger partial charge is 0.425 e. The van der Waals surface area contributed by atoms with Crippen LogP contribution in [0.3, 0.4) is 0 Å². The molecule has 2 unspecified atom stereocenters. The summed E-state index contributed by atoms with van der Waals surface area (Å²) in [5, 5.41) is 24.8. The van der Waals surface area contributed by atoms with Gasteiger partial charge in [-0.1, -0.05) is 6.07 Å². The van der Waals surface area contributed by atoms with Gasteiger partial charge < -0.3 is 19.5 Å². The summed E-state index contributed by atoms with van der Waals surface area (Å²) in [4.78, 5) is 12.2. The Kier molecular flexibility index (Phi) is 4.99. The Morgan fingerprint density at radius 3 is 2.50 bits per heavy atom. The van der Waals surface area contributed by atoms with Crippen LogP contribution < -0.4 is 0 Å². The second kappa shape index (κ2) is 7.67. The number of rotatable bonds is 4. The first-order chi connectivity index (χ1) is 16.1. The molecule has 2 aromatic carbocycles. The van der Waals surface area contributed by atoms with Gasteiger partial charge in [-0.15, -0.1) is 0 Å². The Balaban J connectivity index is 1.61. The molecule has 0 radical (unpaired) electrons. The SMILES string of the molecule is O=C1OC(CO)Cn2cc(C(O)(c3ccc4c(cnn4-c4ccc(F)cc4)c3)C(F)(F)F)cc21. The molecule has 176 valence electrons. The molecule has 0 aliphatic carbocycles. The van der Waals surface area contributed by atoms with Crippen molar-refractivity contribution in [1.29, 1.82) is 0 Å². The van der Waals surface area contributed by atoms with Crippen LogP contribution in [0.5, 0.6) is 0 Å². The minimum atomic E-state index is -5.13. The highest BCUT2D eigenvalue weighted by molar-refractivity contribution is 5.89. The van der Waals surface area contributed by atoms with Crippen molar-refractivity contribution < 1.29 is 37.3 Å². The maximum atomic E-state index is 14.3. The van der Waals surface area contributed by atoms with E-state index in [1.165, 1.54) is 51.8 Å². The molecule has 34 heavy (non-hydrogen) atoms. The van der Waals surface area contributed by atoms with Gasteiger partial charge in [-0.05, 0) is 48.0 Å². The molecule has 2 atom stereocenters. The van der Waals surface area contributed by atoms with E-state index in [0.29, 0.717) is 16.6 Å². The predicted molar refractivity (Wildman–Crippen MR) is 111 cm³/mol. The second-order valence-corrected chi connectivity index (χ2v) is 7.99. The Morgan fingerprint density at radius 1 is 1.09 bits per heavy atom. The summed E-state index contributed by atoms with van der Waals surface area (Å²) < 4.78 is 63.8. The van der Waals surface area contributed by atoms with Gasteiger partial charge in [0.1, 0.15) is 17.6 Å². The summed E-state index contributed by atoms with van der Waals surface area (Å²) in [5.41, 5.74) is -3.67. The van der Waals surface area contributed by atoms with Gasteiger partial charge in [0.2, 0.25) is 5.60 Å². The highest BCUT2D eigenvalue weighted by Crippen LogP contribution is 2.45. The minimum Gasteiger partial charge on any atom is -0.453 e. The van der Waals surface area contributed by atoms with Gasteiger partial charge in [0.05, 0.1) is 30.6 Å². The maximum Gasteiger partial charge on any atom is 0.425 e. The van der Waals surface area contributed by atoms with Crippen LogP contribution in [0.2, 0.25) is 0 Å². The van der Waals surface area contributed by atoms with Gasteiger partial charge in [-0.3, -0.25) is 0 Å². The minimum absolute atomic E-state index is 0.0466. The van der Waals surface area contributed by atoms with Crippen LogP contribution in [-0.4, -0.2) is 49.4 Å². The van der Waals surface area contributed by atoms with E-state index in [-0.39, 0.29) is 12.2 Å². The van der Waals surface area contributed by atoms with Crippen LogP contribution in [0.25, 0.3) is 16.6 Å². The van der Waals surface area contributed by atoms with Crippen molar-refractivity contribution >= 4 is 16.9 Å². The van der Waals surface area contributed by atoms with Crippen molar-refractivity contribution in [3.8, 4) is 5.69 Å². The molecule has 4 aromatic rings. The van der Waals surface area contributed by atoms with Gasteiger partial charge in [0.25, 0.3) is 0 Å². The Morgan fingerprint density at radius 2 is 1.82 bits per heavy atom. The van der Waals surface area contributed by atoms with Crippen LogP contribution in [0, 0.1) is 5.82 Å². The van der Waals surface area contributed by atoms with Crippen molar-refractivity contribution in [3.63, 3.8) is 0 Å². The third-order valence-electron chi connectivity index (χ3n) is 5.87. The molecule has 1 aliphatic rings. The Labute approximate surface area is 189 Å². The molecule has 5 rings (SSSR count). The lowest BCUT2D eigenvalue weighted by atomic mass is 9.86. The summed E-state index contributed by atoms with van der Waals surface area (Å²) in [6.45, 7) is -0.536. The van der Waals surface area contributed by atoms with Gasteiger partial charge in [-0.25, -0.2) is 13.9 Å². The zero-order chi connectivity index (χ0) is 24.3. The highest BCUT2D eigenvalue weighted by atomic mass is 19.4.